The average molecular weight is 1590 g/mol. The van der Waals surface area contributed by atoms with E-state index in [1.165, 1.54) is 61.6 Å². The predicted molar refractivity (Wildman–Crippen MR) is 457 cm³/mol. The summed E-state index contributed by atoms with van der Waals surface area (Å²) in [6.07, 6.45) is 28.9. The Morgan fingerprint density at radius 2 is 0.956 bits per heavy atom. The molecule has 3 atom stereocenters. The summed E-state index contributed by atoms with van der Waals surface area (Å²) in [5.74, 6) is 1.97. The fraction of sp³-hybridized carbons (Fsp3) is 0.295. The minimum atomic E-state index is -1.67. The summed E-state index contributed by atoms with van der Waals surface area (Å²) >= 11 is 0. The molecule has 3 unspecified atom stereocenters. The van der Waals surface area contributed by atoms with Crippen molar-refractivity contribution >= 4 is 76.7 Å². The SMILES string of the molecule is C1=CCC=C1.Cc1cc(C(=O)Nc2cccc(C(NCC3CC3)c3cc[nH]c3)c2)n(-c2cccc(CN)c2)n1.NCCNCCN.O=S(Cl)Cl.[C-]#[N+]c1cccc(-n2nc(C)cc2C(=O)Nc2cccc(C(CCC3CC3)c3cc[nH]c3)c2)c1.[C-]#[N+]c1cccc(-n2nc(C)cc2C(=O)Nc2cccc(C(O)CCC3CC3)c2)c1. The summed E-state index contributed by atoms with van der Waals surface area (Å²) in [5, 5.41) is 39.7. The molecule has 0 saturated heterocycles. The zero-order chi connectivity index (χ0) is 80.7. The molecule has 0 aliphatic heterocycles. The van der Waals surface area contributed by atoms with E-state index in [4.69, 9.17) is 34.6 Å². The summed E-state index contributed by atoms with van der Waals surface area (Å²) in [6.45, 7) is 24.6. The number of benzene rings is 6. The van der Waals surface area contributed by atoms with Gasteiger partial charge in [-0.25, -0.2) is 27.9 Å². The van der Waals surface area contributed by atoms with Gasteiger partial charge in [0.15, 0.2) is 11.4 Å². The van der Waals surface area contributed by atoms with Gasteiger partial charge in [0.2, 0.25) is 9.23 Å². The van der Waals surface area contributed by atoms with Crippen LogP contribution in [0.15, 0.2) is 225 Å². The smallest absolute Gasteiger partial charge is 0.274 e. The molecule has 5 heterocycles. The molecule has 14 N–H and O–H groups in total. The summed E-state index contributed by atoms with van der Waals surface area (Å²) in [7, 11) is 7.36. The van der Waals surface area contributed by atoms with Gasteiger partial charge in [-0.2, -0.15) is 15.3 Å². The number of anilines is 3. The van der Waals surface area contributed by atoms with Gasteiger partial charge in [0.1, 0.15) is 17.1 Å². The summed E-state index contributed by atoms with van der Waals surface area (Å²) in [6, 6.07) is 55.0. The van der Waals surface area contributed by atoms with Gasteiger partial charge in [-0.3, -0.25) is 14.4 Å². The van der Waals surface area contributed by atoms with Crippen molar-refractivity contribution in [3.05, 3.63) is 315 Å². The third-order valence-corrected chi connectivity index (χ3v) is 19.2. The van der Waals surface area contributed by atoms with E-state index >= 15 is 0 Å². The Balaban J connectivity index is 0.000000165. The van der Waals surface area contributed by atoms with Crippen molar-refractivity contribution in [1.29, 1.82) is 0 Å². The van der Waals surface area contributed by atoms with Crippen molar-refractivity contribution in [2.45, 2.75) is 116 Å². The van der Waals surface area contributed by atoms with Crippen molar-refractivity contribution in [2.75, 3.05) is 48.7 Å². The van der Waals surface area contributed by atoms with Crippen molar-refractivity contribution in [3.8, 4) is 17.1 Å². The number of aliphatic hydroxyl groups excluding tert-OH is 1. The number of aryl methyl sites for hydroxylation is 3. The molecule has 4 aliphatic carbocycles. The fourth-order valence-electron chi connectivity index (χ4n) is 12.9. The van der Waals surface area contributed by atoms with Crippen LogP contribution in [0.3, 0.4) is 0 Å². The Kier molecular flexibility index (Phi) is 32.8. The van der Waals surface area contributed by atoms with Crippen molar-refractivity contribution in [3.63, 3.8) is 0 Å². The number of allylic oxidation sites excluding steroid dienone is 4. The number of aromatic nitrogens is 8. The monoisotopic (exact) mass is 1590 g/mol. The molecule has 23 nitrogen and oxygen atoms in total. The van der Waals surface area contributed by atoms with Gasteiger partial charge in [-0.05, 0) is 227 Å². The molecule has 4 aliphatic rings. The van der Waals surface area contributed by atoms with E-state index in [0.717, 1.165) is 108 Å². The van der Waals surface area contributed by atoms with Crippen molar-refractivity contribution in [2.24, 2.45) is 35.0 Å². The molecule has 3 amide bonds. The summed E-state index contributed by atoms with van der Waals surface area (Å²) < 4.78 is 13.9. The highest BCUT2D eigenvalue weighted by Gasteiger charge is 2.28. The number of aliphatic hydroxyl groups is 1. The average Bonchev–Trinajstić information content (AvgIpc) is 1.65. The molecular weight excluding hydrogens is 1490 g/mol. The van der Waals surface area contributed by atoms with Crippen LogP contribution in [-0.2, 0) is 15.8 Å². The van der Waals surface area contributed by atoms with E-state index in [1.807, 2.05) is 130 Å². The number of nitrogens with two attached hydrogens (primary N) is 3. The molecule has 0 bridgehead atoms. The number of hydrogen-bond acceptors (Lipinski definition) is 13. The van der Waals surface area contributed by atoms with Crippen LogP contribution in [-0.4, -0.2) is 99.1 Å². The Bertz CT molecular complexity index is 5080. The second-order valence-electron chi connectivity index (χ2n) is 28.4. The zero-order valence-corrected chi connectivity index (χ0v) is 66.7. The van der Waals surface area contributed by atoms with E-state index in [-0.39, 0.29) is 23.8 Å². The highest BCUT2D eigenvalue weighted by Crippen LogP contribution is 2.40. The van der Waals surface area contributed by atoms with Gasteiger partial charge in [0.25, 0.3) is 17.7 Å². The van der Waals surface area contributed by atoms with E-state index in [1.54, 1.807) is 68.6 Å². The fourth-order valence-corrected chi connectivity index (χ4v) is 12.9. The molecule has 3 saturated carbocycles. The lowest BCUT2D eigenvalue weighted by Crippen LogP contribution is -2.27. The van der Waals surface area contributed by atoms with Crippen LogP contribution in [0.2, 0.25) is 0 Å². The highest BCUT2D eigenvalue weighted by atomic mass is 36.0. The van der Waals surface area contributed by atoms with Crippen LogP contribution < -0.4 is 43.8 Å². The topological polar surface area (TPSA) is 320 Å². The standard InChI is InChI=1S/C28H27N5O.C27H30N6O.C24H24N4O2.C5H6.C4H13N3.Cl2OS/c1-19-15-27(33(32-19)25-8-4-6-23(17-25)29-2)28(34)31-24-7-3-5-21(16-24)26(12-11-20-9-10-20)22-13-14-30-18-22;1-18-12-25(33(32-18)24-7-2-4-20(13-24)15-28)27(34)31-23-6-3-5-21(14-23)26(22-10-11-29-17-22)30-16-19-8-9-19;1-16-13-22(28(27-16)21-8-4-6-19(15-21)25-2)24(30)26-20-7-3-5-18(14-20)23(29)12-11-17-9-10-17;1-2-4-5-3-1;5-1-3-7-4-2-6;1-4(2)3/h3-8,13-18,20,26,30H,9-12H2,1H3,(H,31,34);2-7,10-14,17,19,26,29-30H,8-9,15-16,28H2,1H3,(H,31,34);3-8,13-15,17,23,29H,9-12H2,1H3,(H,26,30);1-4H,5H2;7H,1-6H2;. The number of amides is 3. The van der Waals surface area contributed by atoms with Crippen LogP contribution in [0.5, 0.6) is 0 Å². The molecule has 6 aromatic carbocycles. The first-order valence-electron chi connectivity index (χ1n) is 38.4. The molecular formula is C88H100Cl2N18O5S. The van der Waals surface area contributed by atoms with Crippen molar-refractivity contribution < 1.29 is 23.7 Å². The van der Waals surface area contributed by atoms with Crippen LogP contribution in [0.4, 0.5) is 28.4 Å². The molecule has 5 aromatic heterocycles. The highest BCUT2D eigenvalue weighted by molar-refractivity contribution is 8.26. The number of H-pyrrole nitrogens is 2. The number of nitrogens with zero attached hydrogens (tertiary/aromatic N) is 8. The normalized spacial score (nSPS) is 13.8. The molecule has 3 fully saturated rings. The van der Waals surface area contributed by atoms with E-state index < -0.39 is 15.3 Å². The molecule has 592 valence electrons. The van der Waals surface area contributed by atoms with Gasteiger partial charge in [-0.1, -0.05) is 123 Å². The largest absolute Gasteiger partial charge is 0.388 e. The van der Waals surface area contributed by atoms with Gasteiger partial charge in [0.05, 0.1) is 59.4 Å². The zero-order valence-electron chi connectivity index (χ0n) is 64.4. The second kappa shape index (κ2) is 43.8. The molecule has 15 rings (SSSR count). The van der Waals surface area contributed by atoms with Crippen molar-refractivity contribution in [1.82, 2.24) is 49.9 Å². The van der Waals surface area contributed by atoms with E-state index in [9.17, 15) is 19.5 Å². The first-order chi connectivity index (χ1) is 55.4. The van der Waals surface area contributed by atoms with Gasteiger partial charge < -0.3 is 58.9 Å². The molecule has 114 heavy (non-hydrogen) atoms. The predicted octanol–water partition coefficient (Wildman–Crippen LogP) is 17.2. The maximum absolute atomic E-state index is 13.3. The number of halogens is 2. The first-order valence-corrected chi connectivity index (χ1v) is 41.2. The lowest BCUT2D eigenvalue weighted by Gasteiger charge is -2.19. The number of aromatic amines is 2. The third kappa shape index (κ3) is 26.8. The minimum Gasteiger partial charge on any atom is -0.388 e. The number of rotatable bonds is 28. The third-order valence-electron chi connectivity index (χ3n) is 19.2. The molecule has 11 aromatic rings. The Labute approximate surface area is 678 Å². The minimum absolute atomic E-state index is 0.0653. The van der Waals surface area contributed by atoms with E-state index in [2.05, 4.69) is 144 Å². The number of nitrogens with one attached hydrogen (secondary N) is 7. The molecule has 26 heteroatoms. The van der Waals surface area contributed by atoms with E-state index in [0.29, 0.717) is 76.8 Å². The van der Waals surface area contributed by atoms with Crippen LogP contribution in [0.1, 0.15) is 171 Å². The quantitative estimate of drug-likeness (QED) is 0.0124. The number of carbonyl (C=O) groups excluding carboxylic acids is 3. The van der Waals surface area contributed by atoms with Crippen LogP contribution in [0.25, 0.3) is 26.8 Å². The Morgan fingerprint density at radius 3 is 1.39 bits per heavy atom. The molecule has 0 radical (unpaired) electrons. The molecule has 0 spiro atoms. The van der Waals surface area contributed by atoms with Gasteiger partial charge in [-0.15, -0.1) is 0 Å². The van der Waals surface area contributed by atoms with Gasteiger partial charge in [0, 0.05) is 102 Å². The first kappa shape index (κ1) is 85.3. The number of hydrogen-bond donors (Lipinski definition) is 11. The summed E-state index contributed by atoms with van der Waals surface area (Å²) in [5.41, 5.74) is 31.5. The second-order valence-corrected chi connectivity index (χ2v) is 30.9. The Morgan fingerprint density at radius 1 is 0.535 bits per heavy atom. The lowest BCUT2D eigenvalue weighted by molar-refractivity contribution is 0.101. The van der Waals surface area contributed by atoms with Crippen LogP contribution >= 0.6 is 21.4 Å². The number of carbonyl (C=O) groups is 3. The maximum atomic E-state index is 13.3. The van der Waals surface area contributed by atoms with Gasteiger partial charge >= 0.3 is 0 Å². The van der Waals surface area contributed by atoms with Crippen LogP contribution in [0, 0.1) is 51.7 Å². The lowest BCUT2D eigenvalue weighted by atomic mass is 9.88. The maximum Gasteiger partial charge on any atom is 0.274 e. The Hall–Kier alpha value is -11.1. The summed E-state index contributed by atoms with van der Waals surface area (Å²) in [4.78, 5) is 52.8.